The van der Waals surface area contributed by atoms with Crippen LogP contribution in [0.5, 0.6) is 0 Å². The third-order valence-corrected chi connectivity index (χ3v) is 5.30. The number of urea groups is 1. The Morgan fingerprint density at radius 2 is 1.82 bits per heavy atom. The molecule has 1 heterocycles. The van der Waals surface area contributed by atoms with Crippen LogP contribution < -0.4 is 10.6 Å². The van der Waals surface area contributed by atoms with Gasteiger partial charge in [0.25, 0.3) is 0 Å². The van der Waals surface area contributed by atoms with Crippen molar-refractivity contribution in [1.29, 1.82) is 0 Å². The smallest absolute Gasteiger partial charge is 0.352 e. The molecule has 0 radical (unpaired) electrons. The van der Waals surface area contributed by atoms with Crippen LogP contribution in [0, 0.1) is 0 Å². The number of hydrogen-bond acceptors (Lipinski definition) is 3. The molecule has 1 saturated carbocycles. The van der Waals surface area contributed by atoms with Gasteiger partial charge in [0, 0.05) is 37.9 Å². The van der Waals surface area contributed by atoms with Crippen molar-refractivity contribution in [1.82, 2.24) is 15.1 Å². The summed E-state index contributed by atoms with van der Waals surface area (Å²) < 4.78 is 38.8. The predicted octanol–water partition coefficient (Wildman–Crippen LogP) is 3.18. The minimum Gasteiger partial charge on any atom is -0.352 e. The lowest BCUT2D eigenvalue weighted by Gasteiger charge is -2.37. The summed E-state index contributed by atoms with van der Waals surface area (Å²) in [4.78, 5) is 28.0. The summed E-state index contributed by atoms with van der Waals surface area (Å²) >= 11 is 5.59. The monoisotopic (exact) mass is 418 g/mol. The molecule has 0 aromatic heterocycles. The van der Waals surface area contributed by atoms with Crippen LogP contribution in [0.4, 0.5) is 23.7 Å². The molecular weight excluding hydrogens is 397 g/mol. The maximum atomic E-state index is 12.9. The molecule has 1 atom stereocenters. The van der Waals surface area contributed by atoms with Gasteiger partial charge in [-0.1, -0.05) is 11.6 Å². The van der Waals surface area contributed by atoms with E-state index in [-0.39, 0.29) is 17.6 Å². The summed E-state index contributed by atoms with van der Waals surface area (Å²) in [7, 11) is 0. The molecule has 1 saturated heterocycles. The van der Waals surface area contributed by atoms with Gasteiger partial charge in [-0.2, -0.15) is 13.2 Å². The normalized spacial score (nSPS) is 19.2. The summed E-state index contributed by atoms with van der Waals surface area (Å²) in [6, 6.07) is 2.79. The maximum Gasteiger partial charge on any atom is 0.417 e. The van der Waals surface area contributed by atoms with E-state index in [0.717, 1.165) is 25.0 Å². The Hall–Kier alpha value is -2.00. The molecule has 28 heavy (non-hydrogen) atoms. The Labute approximate surface area is 166 Å². The van der Waals surface area contributed by atoms with Crippen LogP contribution in [0.15, 0.2) is 18.2 Å². The van der Waals surface area contributed by atoms with Crippen molar-refractivity contribution in [2.24, 2.45) is 0 Å². The largest absolute Gasteiger partial charge is 0.417 e. The SMILES string of the molecule is CC(C(=O)NC1CC1)N1CCN(C(=O)Nc2ccc(Cl)c(C(F)(F)F)c2)CC1. The molecule has 3 amide bonds. The zero-order chi connectivity index (χ0) is 20.5. The number of alkyl halides is 3. The standard InChI is InChI=1S/C18H22ClF3N4O2/c1-11(16(27)23-12-2-3-12)25-6-8-26(9-7-25)17(28)24-13-4-5-15(19)14(10-13)18(20,21)22/h4-5,10-12H,2-3,6-9H2,1H3,(H,23,27)(H,24,28). The van der Waals surface area contributed by atoms with Gasteiger partial charge in [-0.05, 0) is 38.0 Å². The first-order valence-electron chi connectivity index (χ1n) is 9.12. The lowest BCUT2D eigenvalue weighted by Crippen LogP contribution is -2.55. The molecule has 6 nitrogen and oxygen atoms in total. The fourth-order valence-corrected chi connectivity index (χ4v) is 3.28. The van der Waals surface area contributed by atoms with Crippen LogP contribution in [0.25, 0.3) is 0 Å². The number of benzene rings is 1. The zero-order valence-corrected chi connectivity index (χ0v) is 16.1. The van der Waals surface area contributed by atoms with Crippen molar-refractivity contribution in [3.05, 3.63) is 28.8 Å². The van der Waals surface area contributed by atoms with E-state index in [9.17, 15) is 22.8 Å². The molecule has 2 fully saturated rings. The van der Waals surface area contributed by atoms with Crippen molar-refractivity contribution in [3.8, 4) is 0 Å². The highest BCUT2D eigenvalue weighted by Crippen LogP contribution is 2.36. The average molecular weight is 419 g/mol. The lowest BCUT2D eigenvalue weighted by molar-refractivity contribution is -0.137. The van der Waals surface area contributed by atoms with Gasteiger partial charge in [-0.15, -0.1) is 0 Å². The highest BCUT2D eigenvalue weighted by atomic mass is 35.5. The van der Waals surface area contributed by atoms with E-state index in [1.165, 1.54) is 11.0 Å². The molecule has 3 rings (SSSR count). The fraction of sp³-hybridized carbons (Fsp3) is 0.556. The molecule has 1 unspecified atom stereocenters. The molecule has 1 aromatic rings. The second kappa shape index (κ2) is 8.16. The fourth-order valence-electron chi connectivity index (χ4n) is 3.05. The van der Waals surface area contributed by atoms with Crippen molar-refractivity contribution < 1.29 is 22.8 Å². The molecule has 10 heteroatoms. The number of halogens is 4. The first kappa shape index (κ1) is 20.7. The van der Waals surface area contributed by atoms with Gasteiger partial charge in [0.1, 0.15) is 0 Å². The Bertz CT molecular complexity index is 747. The summed E-state index contributed by atoms with van der Waals surface area (Å²) in [6.45, 7) is 3.63. The van der Waals surface area contributed by atoms with Crippen molar-refractivity contribution in [2.45, 2.75) is 38.0 Å². The first-order chi connectivity index (χ1) is 13.1. The number of rotatable bonds is 4. The number of amides is 3. The Balaban J connectivity index is 1.53. The van der Waals surface area contributed by atoms with Crippen LogP contribution in [0.3, 0.4) is 0 Å². The second-order valence-electron chi connectivity index (χ2n) is 7.10. The molecule has 2 N–H and O–H groups in total. The van der Waals surface area contributed by atoms with Crippen LogP contribution >= 0.6 is 11.6 Å². The summed E-state index contributed by atoms with van der Waals surface area (Å²) in [6.07, 6.45) is -2.55. The van der Waals surface area contributed by atoms with Gasteiger partial charge in [-0.3, -0.25) is 9.69 Å². The summed E-state index contributed by atoms with van der Waals surface area (Å²) in [5.41, 5.74) is -0.964. The number of hydrogen-bond donors (Lipinski definition) is 2. The molecule has 0 bridgehead atoms. The van der Waals surface area contributed by atoms with Gasteiger partial charge in [-0.25, -0.2) is 4.79 Å². The number of carbonyl (C=O) groups is 2. The quantitative estimate of drug-likeness (QED) is 0.789. The molecule has 2 aliphatic rings. The Morgan fingerprint density at radius 3 is 2.39 bits per heavy atom. The molecule has 0 spiro atoms. The van der Waals surface area contributed by atoms with E-state index in [0.29, 0.717) is 32.2 Å². The van der Waals surface area contributed by atoms with E-state index in [1.54, 1.807) is 0 Å². The van der Waals surface area contributed by atoms with Crippen LogP contribution in [0.1, 0.15) is 25.3 Å². The first-order valence-corrected chi connectivity index (χ1v) is 9.50. The molecule has 1 aliphatic heterocycles. The van der Waals surface area contributed by atoms with E-state index < -0.39 is 22.8 Å². The van der Waals surface area contributed by atoms with Crippen molar-refractivity contribution in [3.63, 3.8) is 0 Å². The minimum atomic E-state index is -4.60. The zero-order valence-electron chi connectivity index (χ0n) is 15.4. The molecule has 154 valence electrons. The van der Waals surface area contributed by atoms with Gasteiger partial charge in [0.15, 0.2) is 0 Å². The Morgan fingerprint density at radius 1 is 1.18 bits per heavy atom. The minimum absolute atomic E-state index is 0.0127. The molecule has 1 aliphatic carbocycles. The third-order valence-electron chi connectivity index (χ3n) is 4.98. The topological polar surface area (TPSA) is 64.7 Å². The van der Waals surface area contributed by atoms with Gasteiger partial charge in [0.2, 0.25) is 5.91 Å². The number of piperazine rings is 1. The molecule has 1 aromatic carbocycles. The van der Waals surface area contributed by atoms with Gasteiger partial charge < -0.3 is 15.5 Å². The van der Waals surface area contributed by atoms with Crippen LogP contribution in [-0.4, -0.2) is 60.0 Å². The van der Waals surface area contributed by atoms with E-state index in [4.69, 9.17) is 11.6 Å². The third kappa shape index (κ3) is 5.08. The summed E-state index contributed by atoms with van der Waals surface area (Å²) in [5, 5.41) is 5.03. The van der Waals surface area contributed by atoms with Gasteiger partial charge >= 0.3 is 12.2 Å². The summed E-state index contributed by atoms with van der Waals surface area (Å²) in [5.74, 6) is -0.0127. The number of anilines is 1. The van der Waals surface area contributed by atoms with E-state index >= 15 is 0 Å². The maximum absolute atomic E-state index is 12.9. The highest BCUT2D eigenvalue weighted by molar-refractivity contribution is 6.31. The Kier molecular flexibility index (Phi) is 6.04. The number of nitrogens with one attached hydrogen (secondary N) is 2. The number of nitrogens with zero attached hydrogens (tertiary/aromatic N) is 2. The van der Waals surface area contributed by atoms with E-state index in [2.05, 4.69) is 10.6 Å². The van der Waals surface area contributed by atoms with E-state index in [1.807, 2.05) is 11.8 Å². The average Bonchev–Trinajstić information content (AvgIpc) is 3.45. The van der Waals surface area contributed by atoms with Crippen molar-refractivity contribution in [2.75, 3.05) is 31.5 Å². The van der Waals surface area contributed by atoms with Crippen LogP contribution in [0.2, 0.25) is 5.02 Å². The lowest BCUT2D eigenvalue weighted by atomic mass is 10.2. The highest BCUT2D eigenvalue weighted by Gasteiger charge is 2.34. The second-order valence-corrected chi connectivity index (χ2v) is 7.51. The predicted molar refractivity (Wildman–Crippen MR) is 99.2 cm³/mol. The molecular formula is C18H22ClF3N4O2. The number of carbonyl (C=O) groups excluding carboxylic acids is 2. The van der Waals surface area contributed by atoms with Crippen molar-refractivity contribution >= 4 is 29.2 Å². The van der Waals surface area contributed by atoms with Crippen LogP contribution in [-0.2, 0) is 11.0 Å². The van der Waals surface area contributed by atoms with Gasteiger partial charge in [0.05, 0.1) is 16.6 Å².